The standard InChI is InChI=1S/C6H5ClIN3O/c7-3-1-2(6(10)12)4(9)5(8)11-3/h1H,9H2,(H2,10,12). The van der Waals surface area contributed by atoms with Crippen LogP contribution in [0, 0.1) is 3.70 Å². The van der Waals surface area contributed by atoms with Crippen LogP contribution in [-0.2, 0) is 0 Å². The molecular weight excluding hydrogens is 292 g/mol. The van der Waals surface area contributed by atoms with Gasteiger partial charge in [-0.05, 0) is 28.7 Å². The number of aromatic nitrogens is 1. The van der Waals surface area contributed by atoms with E-state index >= 15 is 0 Å². The van der Waals surface area contributed by atoms with Crippen LogP contribution in [0.15, 0.2) is 6.07 Å². The van der Waals surface area contributed by atoms with Crippen molar-refractivity contribution in [3.63, 3.8) is 0 Å². The quantitative estimate of drug-likeness (QED) is 0.600. The molecule has 0 fully saturated rings. The molecule has 1 aromatic heterocycles. The second-order valence-corrected chi connectivity index (χ2v) is 3.47. The highest BCUT2D eigenvalue weighted by Gasteiger charge is 2.10. The van der Waals surface area contributed by atoms with E-state index in [-0.39, 0.29) is 16.4 Å². The smallest absolute Gasteiger partial charge is 0.251 e. The number of anilines is 1. The Balaban J connectivity index is 3.37. The van der Waals surface area contributed by atoms with Crippen molar-refractivity contribution in [2.75, 3.05) is 5.73 Å². The molecule has 0 bridgehead atoms. The normalized spacial score (nSPS) is 9.83. The van der Waals surface area contributed by atoms with Crippen molar-refractivity contribution in [2.45, 2.75) is 0 Å². The van der Waals surface area contributed by atoms with Gasteiger partial charge >= 0.3 is 0 Å². The van der Waals surface area contributed by atoms with Gasteiger partial charge in [-0.1, -0.05) is 11.6 Å². The van der Waals surface area contributed by atoms with E-state index in [1.165, 1.54) is 6.07 Å². The molecule has 1 heterocycles. The largest absolute Gasteiger partial charge is 0.396 e. The first-order chi connectivity index (χ1) is 5.52. The number of amides is 1. The van der Waals surface area contributed by atoms with Gasteiger partial charge in [-0.25, -0.2) is 4.98 Å². The Bertz CT molecular complexity index is 342. The second-order valence-electron chi connectivity index (χ2n) is 2.06. The predicted molar refractivity (Wildman–Crippen MR) is 54.9 cm³/mol. The minimum absolute atomic E-state index is 0.208. The van der Waals surface area contributed by atoms with E-state index < -0.39 is 5.91 Å². The van der Waals surface area contributed by atoms with E-state index in [0.717, 1.165) is 0 Å². The van der Waals surface area contributed by atoms with E-state index in [9.17, 15) is 4.79 Å². The zero-order valence-electron chi connectivity index (χ0n) is 5.84. The molecule has 1 amide bonds. The van der Waals surface area contributed by atoms with Crippen LogP contribution in [-0.4, -0.2) is 10.9 Å². The van der Waals surface area contributed by atoms with Crippen LogP contribution in [0.2, 0.25) is 5.15 Å². The highest BCUT2D eigenvalue weighted by molar-refractivity contribution is 14.1. The summed E-state index contributed by atoms with van der Waals surface area (Å²) in [7, 11) is 0. The molecule has 0 aliphatic rings. The molecule has 0 saturated heterocycles. The van der Waals surface area contributed by atoms with E-state index in [2.05, 4.69) is 4.98 Å². The number of hydrogen-bond acceptors (Lipinski definition) is 3. The van der Waals surface area contributed by atoms with Gasteiger partial charge in [0.05, 0.1) is 11.3 Å². The average Bonchev–Trinajstić information content (AvgIpc) is 1.96. The maximum atomic E-state index is 10.8. The van der Waals surface area contributed by atoms with Crippen LogP contribution in [0.5, 0.6) is 0 Å². The molecule has 0 saturated carbocycles. The zero-order chi connectivity index (χ0) is 9.30. The molecule has 12 heavy (non-hydrogen) atoms. The van der Waals surface area contributed by atoms with Crippen LogP contribution in [0.25, 0.3) is 0 Å². The molecule has 0 spiro atoms. The maximum absolute atomic E-state index is 10.8. The van der Waals surface area contributed by atoms with Crippen molar-refractivity contribution in [3.8, 4) is 0 Å². The molecule has 0 atom stereocenters. The first-order valence-corrected chi connectivity index (χ1v) is 4.39. The van der Waals surface area contributed by atoms with Crippen molar-refractivity contribution in [1.29, 1.82) is 0 Å². The van der Waals surface area contributed by atoms with E-state index in [4.69, 9.17) is 23.1 Å². The molecule has 1 rings (SSSR count). The number of carbonyl (C=O) groups is 1. The van der Waals surface area contributed by atoms with Crippen molar-refractivity contribution >= 4 is 45.8 Å². The molecule has 4 nitrogen and oxygen atoms in total. The number of hydrogen-bond donors (Lipinski definition) is 2. The van der Waals surface area contributed by atoms with Gasteiger partial charge in [0, 0.05) is 0 Å². The lowest BCUT2D eigenvalue weighted by molar-refractivity contribution is 0.100. The second kappa shape index (κ2) is 3.44. The number of halogens is 2. The molecule has 0 aromatic carbocycles. The van der Waals surface area contributed by atoms with Gasteiger partial charge in [-0.15, -0.1) is 0 Å². The van der Waals surface area contributed by atoms with E-state index in [1.54, 1.807) is 0 Å². The fraction of sp³-hybridized carbons (Fsp3) is 0. The Morgan fingerprint density at radius 1 is 1.67 bits per heavy atom. The topological polar surface area (TPSA) is 82.0 Å². The Hall–Kier alpha value is -0.560. The lowest BCUT2D eigenvalue weighted by Gasteiger charge is -2.03. The molecule has 6 heteroatoms. The summed E-state index contributed by atoms with van der Waals surface area (Å²) >= 11 is 7.47. The molecule has 0 radical (unpaired) electrons. The van der Waals surface area contributed by atoms with Crippen molar-refractivity contribution in [3.05, 3.63) is 20.5 Å². The van der Waals surface area contributed by atoms with Crippen molar-refractivity contribution in [2.24, 2.45) is 5.73 Å². The third-order valence-electron chi connectivity index (χ3n) is 1.25. The summed E-state index contributed by atoms with van der Waals surface area (Å²) in [5.74, 6) is -0.602. The molecule has 1 aromatic rings. The third kappa shape index (κ3) is 1.78. The monoisotopic (exact) mass is 297 g/mol. The molecule has 0 aliphatic heterocycles. The van der Waals surface area contributed by atoms with Gasteiger partial charge < -0.3 is 11.5 Å². The highest BCUT2D eigenvalue weighted by atomic mass is 127. The Morgan fingerprint density at radius 3 is 2.75 bits per heavy atom. The van der Waals surface area contributed by atoms with Crippen molar-refractivity contribution in [1.82, 2.24) is 4.98 Å². The Kier molecular flexibility index (Phi) is 2.73. The van der Waals surface area contributed by atoms with Crippen LogP contribution in [0.4, 0.5) is 5.69 Å². The maximum Gasteiger partial charge on any atom is 0.251 e. The number of rotatable bonds is 1. The zero-order valence-corrected chi connectivity index (χ0v) is 8.76. The minimum Gasteiger partial charge on any atom is -0.396 e. The number of nitrogens with zero attached hydrogens (tertiary/aromatic N) is 1. The lowest BCUT2D eigenvalue weighted by Crippen LogP contribution is -2.14. The third-order valence-corrected chi connectivity index (χ3v) is 2.26. The van der Waals surface area contributed by atoms with Gasteiger partial charge in [-0.3, -0.25) is 4.79 Å². The summed E-state index contributed by atoms with van der Waals surface area (Å²) < 4.78 is 0.480. The van der Waals surface area contributed by atoms with Crippen LogP contribution in [0.1, 0.15) is 10.4 Å². The van der Waals surface area contributed by atoms with Gasteiger partial charge in [-0.2, -0.15) is 0 Å². The van der Waals surface area contributed by atoms with E-state index in [1.807, 2.05) is 22.6 Å². The van der Waals surface area contributed by atoms with E-state index in [0.29, 0.717) is 3.70 Å². The summed E-state index contributed by atoms with van der Waals surface area (Å²) in [4.78, 5) is 14.6. The summed E-state index contributed by atoms with van der Waals surface area (Å²) in [6, 6.07) is 1.35. The SMILES string of the molecule is NC(=O)c1cc(Cl)nc(I)c1N. The number of nitrogen functional groups attached to an aromatic ring is 1. The highest BCUT2D eigenvalue weighted by Crippen LogP contribution is 2.20. The number of pyridine rings is 1. The summed E-state index contributed by atoms with van der Waals surface area (Å²) in [5, 5.41) is 0.211. The van der Waals surface area contributed by atoms with Crippen LogP contribution in [0.3, 0.4) is 0 Å². The number of nitrogens with two attached hydrogens (primary N) is 2. The fourth-order valence-corrected chi connectivity index (χ4v) is 1.58. The number of carbonyl (C=O) groups excluding carboxylic acids is 1. The van der Waals surface area contributed by atoms with Gasteiger partial charge in [0.15, 0.2) is 0 Å². The Morgan fingerprint density at radius 2 is 2.25 bits per heavy atom. The molecule has 64 valence electrons. The Labute approximate surface area is 87.4 Å². The first-order valence-electron chi connectivity index (χ1n) is 2.93. The molecule has 4 N–H and O–H groups in total. The van der Waals surface area contributed by atoms with Crippen LogP contribution < -0.4 is 11.5 Å². The summed E-state index contributed by atoms with van der Waals surface area (Å²) in [5.41, 5.74) is 11.0. The molecule has 0 aliphatic carbocycles. The van der Waals surface area contributed by atoms with Crippen LogP contribution >= 0.6 is 34.2 Å². The fourth-order valence-electron chi connectivity index (χ4n) is 0.698. The summed E-state index contributed by atoms with van der Waals surface area (Å²) in [6.45, 7) is 0. The number of primary amides is 1. The van der Waals surface area contributed by atoms with Gasteiger partial charge in [0.25, 0.3) is 5.91 Å². The minimum atomic E-state index is -0.602. The molecule has 0 unspecified atom stereocenters. The predicted octanol–water partition coefficient (Wildman–Crippen LogP) is 1.02. The van der Waals surface area contributed by atoms with Gasteiger partial charge in [0.1, 0.15) is 8.85 Å². The lowest BCUT2D eigenvalue weighted by atomic mass is 10.2. The first kappa shape index (κ1) is 9.53. The van der Waals surface area contributed by atoms with Crippen molar-refractivity contribution < 1.29 is 4.79 Å². The molecular formula is C6H5ClIN3O. The van der Waals surface area contributed by atoms with Gasteiger partial charge in [0.2, 0.25) is 0 Å². The summed E-state index contributed by atoms with van der Waals surface area (Å²) in [6.07, 6.45) is 0. The average molecular weight is 297 g/mol.